The Morgan fingerprint density at radius 1 is 1.22 bits per heavy atom. The number of nitrogens with zero attached hydrogens (tertiary/aromatic N) is 1. The van der Waals surface area contributed by atoms with Crippen molar-refractivity contribution in [3.05, 3.63) is 69.2 Å². The summed E-state index contributed by atoms with van der Waals surface area (Å²) in [5.41, 5.74) is 1.56. The van der Waals surface area contributed by atoms with Crippen LogP contribution in [0, 0.1) is 11.3 Å². The lowest BCUT2D eigenvalue weighted by atomic mass is 10.1. The lowest BCUT2D eigenvalue weighted by Crippen LogP contribution is -2.27. The fraction of sp³-hybridized carbons (Fsp3) is 0.200. The minimum absolute atomic E-state index is 0.0210. The number of carbonyl (C=O) groups excluding carboxylic acids is 1. The summed E-state index contributed by atoms with van der Waals surface area (Å²) in [4.78, 5) is 11.9. The maximum Gasteiger partial charge on any atom is 0.262 e. The van der Waals surface area contributed by atoms with Crippen LogP contribution >= 0.6 is 23.2 Å². The second-order valence-corrected chi connectivity index (χ2v) is 6.36. The van der Waals surface area contributed by atoms with Gasteiger partial charge in [0.1, 0.15) is 24.0 Å². The molecule has 1 N–H and O–H groups in total. The van der Waals surface area contributed by atoms with E-state index in [-0.39, 0.29) is 5.57 Å². The van der Waals surface area contributed by atoms with Gasteiger partial charge in [-0.25, -0.2) is 0 Å². The number of nitrogens with one attached hydrogen (secondary N) is 1. The van der Waals surface area contributed by atoms with Crippen LogP contribution in [0.15, 0.2) is 48.0 Å². The molecule has 2 aromatic carbocycles. The van der Waals surface area contributed by atoms with Gasteiger partial charge in [-0.3, -0.25) is 4.79 Å². The quantitative estimate of drug-likeness (QED) is 0.405. The Hall–Kier alpha value is -2.52. The molecule has 0 aliphatic rings. The Balaban J connectivity index is 1.99. The van der Waals surface area contributed by atoms with Crippen LogP contribution in [0.25, 0.3) is 6.08 Å². The Morgan fingerprint density at radius 3 is 2.59 bits per heavy atom. The second kappa shape index (κ2) is 10.6. The third-order valence-corrected chi connectivity index (χ3v) is 4.14. The van der Waals surface area contributed by atoms with Crippen LogP contribution in [0.1, 0.15) is 11.1 Å². The Labute approximate surface area is 168 Å². The van der Waals surface area contributed by atoms with E-state index in [1.807, 2.05) is 12.1 Å². The monoisotopic (exact) mass is 404 g/mol. The van der Waals surface area contributed by atoms with E-state index in [1.165, 1.54) is 13.2 Å². The molecule has 0 unspecified atom stereocenters. The maximum atomic E-state index is 11.9. The van der Waals surface area contributed by atoms with Gasteiger partial charge in [-0.05, 0) is 35.9 Å². The van der Waals surface area contributed by atoms with Crippen molar-refractivity contribution >= 4 is 35.2 Å². The van der Waals surface area contributed by atoms with E-state index in [0.717, 1.165) is 5.56 Å². The van der Waals surface area contributed by atoms with Crippen LogP contribution in [-0.2, 0) is 16.1 Å². The fourth-order valence-corrected chi connectivity index (χ4v) is 2.60. The molecule has 2 rings (SSSR count). The standard InChI is InChI=1S/C20H18Cl2N2O3/c1-26-9-8-24-20(25)16(12-23)10-14-2-6-18(7-3-14)27-13-15-4-5-17(21)11-19(15)22/h2-7,10-11H,8-9,13H2,1H3,(H,24,25)/b16-10+. The van der Waals surface area contributed by atoms with E-state index in [4.69, 9.17) is 37.9 Å². The Morgan fingerprint density at radius 2 is 1.96 bits per heavy atom. The number of nitriles is 1. The van der Waals surface area contributed by atoms with Crippen molar-refractivity contribution in [1.82, 2.24) is 5.32 Å². The molecule has 0 radical (unpaired) electrons. The molecular formula is C20H18Cl2N2O3. The molecule has 1 amide bonds. The molecule has 140 valence electrons. The largest absolute Gasteiger partial charge is 0.489 e. The van der Waals surface area contributed by atoms with Gasteiger partial charge in [0.2, 0.25) is 0 Å². The lowest BCUT2D eigenvalue weighted by molar-refractivity contribution is -0.117. The van der Waals surface area contributed by atoms with Crippen molar-refractivity contribution in [3.8, 4) is 11.8 Å². The molecule has 0 bridgehead atoms. The Kier molecular flexibility index (Phi) is 8.15. The summed E-state index contributed by atoms with van der Waals surface area (Å²) in [6, 6.07) is 14.2. The topological polar surface area (TPSA) is 71.3 Å². The number of hydrogen-bond acceptors (Lipinski definition) is 4. The highest BCUT2D eigenvalue weighted by molar-refractivity contribution is 6.35. The first kappa shape index (κ1) is 20.8. The van der Waals surface area contributed by atoms with Crippen LogP contribution in [0.4, 0.5) is 0 Å². The van der Waals surface area contributed by atoms with Gasteiger partial charge in [-0.2, -0.15) is 5.26 Å². The predicted molar refractivity (Wildman–Crippen MR) is 106 cm³/mol. The van der Waals surface area contributed by atoms with Crippen LogP contribution < -0.4 is 10.1 Å². The second-order valence-electron chi connectivity index (χ2n) is 5.51. The number of carbonyl (C=O) groups is 1. The van der Waals surface area contributed by atoms with Gasteiger partial charge in [0, 0.05) is 29.3 Å². The van der Waals surface area contributed by atoms with Gasteiger partial charge in [0.05, 0.1) is 6.61 Å². The average molecular weight is 405 g/mol. The highest BCUT2D eigenvalue weighted by atomic mass is 35.5. The molecule has 0 fully saturated rings. The molecule has 0 spiro atoms. The summed E-state index contributed by atoms with van der Waals surface area (Å²) in [6.45, 7) is 1.03. The van der Waals surface area contributed by atoms with Gasteiger partial charge in [-0.1, -0.05) is 41.4 Å². The summed E-state index contributed by atoms with van der Waals surface area (Å²) < 4.78 is 10.6. The summed E-state index contributed by atoms with van der Waals surface area (Å²) in [7, 11) is 1.54. The van der Waals surface area contributed by atoms with Crippen molar-refractivity contribution in [2.24, 2.45) is 0 Å². The van der Waals surface area contributed by atoms with Crippen LogP contribution in [-0.4, -0.2) is 26.2 Å². The molecule has 0 aliphatic carbocycles. The summed E-state index contributed by atoms with van der Waals surface area (Å²) in [5, 5.41) is 12.9. The van der Waals surface area contributed by atoms with E-state index >= 15 is 0 Å². The zero-order valence-electron chi connectivity index (χ0n) is 14.7. The van der Waals surface area contributed by atoms with E-state index in [1.54, 1.807) is 36.4 Å². The van der Waals surface area contributed by atoms with Crippen LogP contribution in [0.2, 0.25) is 10.0 Å². The normalized spacial score (nSPS) is 11.0. The minimum Gasteiger partial charge on any atom is -0.489 e. The highest BCUT2D eigenvalue weighted by Crippen LogP contribution is 2.23. The van der Waals surface area contributed by atoms with E-state index in [9.17, 15) is 4.79 Å². The number of ether oxygens (including phenoxy) is 2. The van der Waals surface area contributed by atoms with E-state index in [0.29, 0.717) is 41.1 Å². The zero-order chi connectivity index (χ0) is 19.6. The van der Waals surface area contributed by atoms with Gasteiger partial charge in [-0.15, -0.1) is 0 Å². The predicted octanol–water partition coefficient (Wildman–Crippen LogP) is 4.24. The van der Waals surface area contributed by atoms with E-state index in [2.05, 4.69) is 5.32 Å². The molecule has 0 aliphatic heterocycles. The number of amides is 1. The molecule has 0 aromatic heterocycles. The van der Waals surface area contributed by atoms with Gasteiger partial charge >= 0.3 is 0 Å². The molecule has 7 heteroatoms. The van der Waals surface area contributed by atoms with Crippen molar-refractivity contribution in [2.75, 3.05) is 20.3 Å². The first-order valence-corrected chi connectivity index (χ1v) is 8.85. The van der Waals surface area contributed by atoms with Gasteiger partial charge in [0.15, 0.2) is 0 Å². The maximum absolute atomic E-state index is 11.9. The van der Waals surface area contributed by atoms with Crippen molar-refractivity contribution in [2.45, 2.75) is 6.61 Å². The van der Waals surface area contributed by atoms with Crippen molar-refractivity contribution in [3.63, 3.8) is 0 Å². The number of halogens is 2. The molecule has 0 atom stereocenters. The first-order valence-electron chi connectivity index (χ1n) is 8.09. The minimum atomic E-state index is -0.438. The Bertz CT molecular complexity index is 859. The van der Waals surface area contributed by atoms with Crippen LogP contribution in [0.3, 0.4) is 0 Å². The third-order valence-electron chi connectivity index (χ3n) is 3.56. The molecule has 0 saturated heterocycles. The van der Waals surface area contributed by atoms with Gasteiger partial charge in [0.25, 0.3) is 5.91 Å². The smallest absolute Gasteiger partial charge is 0.262 e. The number of hydrogen-bond donors (Lipinski definition) is 1. The number of rotatable bonds is 8. The SMILES string of the molecule is COCCNC(=O)/C(C#N)=C/c1ccc(OCc2ccc(Cl)cc2Cl)cc1. The average Bonchev–Trinajstić information content (AvgIpc) is 2.66. The lowest BCUT2D eigenvalue weighted by Gasteiger charge is -2.08. The first-order chi connectivity index (χ1) is 13.0. The van der Waals surface area contributed by atoms with Gasteiger partial charge < -0.3 is 14.8 Å². The summed E-state index contributed by atoms with van der Waals surface area (Å²) in [6.07, 6.45) is 1.52. The van der Waals surface area contributed by atoms with Crippen molar-refractivity contribution in [1.29, 1.82) is 5.26 Å². The number of benzene rings is 2. The van der Waals surface area contributed by atoms with E-state index < -0.39 is 5.91 Å². The van der Waals surface area contributed by atoms with Crippen LogP contribution in [0.5, 0.6) is 5.75 Å². The molecular weight excluding hydrogens is 387 g/mol. The molecule has 5 nitrogen and oxygen atoms in total. The zero-order valence-corrected chi connectivity index (χ0v) is 16.2. The number of methoxy groups -OCH3 is 1. The molecule has 0 saturated carbocycles. The highest BCUT2D eigenvalue weighted by Gasteiger charge is 2.08. The summed E-state index contributed by atoms with van der Waals surface area (Å²) >= 11 is 12.0. The molecule has 2 aromatic rings. The molecule has 27 heavy (non-hydrogen) atoms. The van der Waals surface area contributed by atoms with Crippen molar-refractivity contribution < 1.29 is 14.3 Å². The third kappa shape index (κ3) is 6.61. The summed E-state index contributed by atoms with van der Waals surface area (Å²) in [5.74, 6) is 0.202. The molecule has 0 heterocycles. The fourth-order valence-electron chi connectivity index (χ4n) is 2.14.